The number of amides is 1. The van der Waals surface area contributed by atoms with Crippen LogP contribution in [0, 0.1) is 6.92 Å². The number of pyridine rings is 1. The van der Waals surface area contributed by atoms with E-state index >= 15 is 0 Å². The first kappa shape index (κ1) is 13.4. The van der Waals surface area contributed by atoms with Gasteiger partial charge in [-0.3, -0.25) is 4.79 Å². The van der Waals surface area contributed by atoms with Crippen molar-refractivity contribution in [2.75, 3.05) is 0 Å². The van der Waals surface area contributed by atoms with E-state index in [0.29, 0.717) is 12.1 Å². The van der Waals surface area contributed by atoms with E-state index in [9.17, 15) is 4.79 Å². The van der Waals surface area contributed by atoms with Crippen molar-refractivity contribution in [3.8, 4) is 0 Å². The number of carbonyl (C=O) groups excluding carboxylic acids is 1. The minimum absolute atomic E-state index is 0.126. The van der Waals surface area contributed by atoms with Crippen molar-refractivity contribution in [1.29, 1.82) is 0 Å². The van der Waals surface area contributed by atoms with Crippen molar-refractivity contribution in [3.63, 3.8) is 0 Å². The van der Waals surface area contributed by atoms with Crippen LogP contribution in [-0.2, 0) is 13.0 Å². The van der Waals surface area contributed by atoms with E-state index in [2.05, 4.69) is 17.2 Å². The van der Waals surface area contributed by atoms with E-state index in [4.69, 9.17) is 4.42 Å². The molecule has 0 aliphatic carbocycles. The summed E-state index contributed by atoms with van der Waals surface area (Å²) in [6.45, 7) is 4.47. The van der Waals surface area contributed by atoms with Crippen molar-refractivity contribution in [2.24, 2.45) is 0 Å². The monoisotopic (exact) mass is 283 g/mol. The van der Waals surface area contributed by atoms with E-state index in [1.165, 1.54) is 0 Å². The smallest absolute Gasteiger partial charge is 0.253 e. The number of carbonyl (C=O) groups is 1. The Labute approximate surface area is 122 Å². The average molecular weight is 283 g/mol. The minimum Gasteiger partial charge on any atom is -0.467 e. The topological polar surface area (TPSA) is 59.5 Å². The van der Waals surface area contributed by atoms with Crippen molar-refractivity contribution < 1.29 is 9.21 Å². The largest absolute Gasteiger partial charge is 0.467 e. The van der Waals surface area contributed by atoms with Crippen LogP contribution in [0.1, 0.15) is 34.4 Å². The molecule has 0 saturated carbocycles. The maximum Gasteiger partial charge on any atom is 0.253 e. The highest BCUT2D eigenvalue weighted by Gasteiger charge is 2.11. The molecule has 5 heteroatoms. The number of hydrogen-bond acceptors (Lipinski definition) is 3. The summed E-state index contributed by atoms with van der Waals surface area (Å²) in [5.74, 6) is 0.607. The molecule has 0 atom stereocenters. The molecule has 3 aromatic heterocycles. The Kier molecular flexibility index (Phi) is 3.48. The Hall–Kier alpha value is -2.56. The highest BCUT2D eigenvalue weighted by molar-refractivity contribution is 5.94. The molecule has 0 aliphatic heterocycles. The van der Waals surface area contributed by atoms with Crippen molar-refractivity contribution in [3.05, 3.63) is 59.4 Å². The fourth-order valence-electron chi connectivity index (χ4n) is 2.36. The van der Waals surface area contributed by atoms with Gasteiger partial charge in [0.25, 0.3) is 5.91 Å². The van der Waals surface area contributed by atoms with Crippen LogP contribution in [-0.4, -0.2) is 15.3 Å². The first-order chi connectivity index (χ1) is 10.2. The fourth-order valence-corrected chi connectivity index (χ4v) is 2.36. The van der Waals surface area contributed by atoms with Gasteiger partial charge in [0.05, 0.1) is 24.1 Å². The SMILES string of the molecule is CCc1nc2ccc(C(=O)NCc3ccco3)cn2c1C. The van der Waals surface area contributed by atoms with Crippen LogP contribution in [0.15, 0.2) is 41.1 Å². The number of aromatic nitrogens is 2. The van der Waals surface area contributed by atoms with Gasteiger partial charge in [0, 0.05) is 11.9 Å². The lowest BCUT2D eigenvalue weighted by molar-refractivity contribution is 0.0947. The predicted molar refractivity (Wildman–Crippen MR) is 79.2 cm³/mol. The second-order valence-corrected chi connectivity index (χ2v) is 4.91. The molecule has 108 valence electrons. The van der Waals surface area contributed by atoms with Gasteiger partial charge >= 0.3 is 0 Å². The van der Waals surface area contributed by atoms with E-state index < -0.39 is 0 Å². The third kappa shape index (κ3) is 2.54. The zero-order valence-corrected chi connectivity index (χ0v) is 12.1. The molecule has 1 amide bonds. The molecule has 0 aliphatic rings. The summed E-state index contributed by atoms with van der Waals surface area (Å²) < 4.78 is 7.16. The fraction of sp³-hybridized carbons (Fsp3) is 0.250. The minimum atomic E-state index is -0.126. The molecule has 0 fully saturated rings. The predicted octanol–water partition coefficient (Wildman–Crippen LogP) is 2.73. The molecule has 21 heavy (non-hydrogen) atoms. The van der Waals surface area contributed by atoms with Gasteiger partial charge < -0.3 is 14.1 Å². The second kappa shape index (κ2) is 5.44. The van der Waals surface area contributed by atoms with Crippen LogP contribution in [0.2, 0.25) is 0 Å². The summed E-state index contributed by atoms with van der Waals surface area (Å²) in [5, 5.41) is 2.84. The molecule has 0 radical (unpaired) electrons. The Morgan fingerprint density at radius 3 is 2.95 bits per heavy atom. The summed E-state index contributed by atoms with van der Waals surface area (Å²) in [5.41, 5.74) is 3.61. The highest BCUT2D eigenvalue weighted by atomic mass is 16.3. The van der Waals surface area contributed by atoms with Crippen LogP contribution >= 0.6 is 0 Å². The molecule has 0 unspecified atom stereocenters. The Balaban J connectivity index is 1.83. The van der Waals surface area contributed by atoms with Crippen molar-refractivity contribution in [1.82, 2.24) is 14.7 Å². The maximum absolute atomic E-state index is 12.2. The molecule has 5 nitrogen and oxygen atoms in total. The van der Waals surface area contributed by atoms with Gasteiger partial charge in [0.2, 0.25) is 0 Å². The number of aryl methyl sites for hydroxylation is 2. The molecular formula is C16H17N3O2. The molecule has 3 aromatic rings. The third-order valence-corrected chi connectivity index (χ3v) is 3.56. The average Bonchev–Trinajstić information content (AvgIpc) is 3.12. The van der Waals surface area contributed by atoms with Gasteiger partial charge in [-0.25, -0.2) is 4.98 Å². The summed E-state index contributed by atoms with van der Waals surface area (Å²) in [7, 11) is 0. The molecule has 0 spiro atoms. The Bertz CT molecular complexity index is 772. The molecule has 0 saturated heterocycles. The normalized spacial score (nSPS) is 11.0. The Morgan fingerprint density at radius 2 is 2.24 bits per heavy atom. The summed E-state index contributed by atoms with van der Waals surface area (Å²) in [6.07, 6.45) is 4.30. The van der Waals surface area contributed by atoms with Crippen molar-refractivity contribution >= 4 is 11.6 Å². The van der Waals surface area contributed by atoms with E-state index in [-0.39, 0.29) is 5.91 Å². The number of furan rings is 1. The Morgan fingerprint density at radius 1 is 1.38 bits per heavy atom. The molecule has 3 heterocycles. The van der Waals surface area contributed by atoms with Gasteiger partial charge in [-0.1, -0.05) is 6.92 Å². The van der Waals surface area contributed by atoms with Gasteiger partial charge in [-0.05, 0) is 37.6 Å². The first-order valence-electron chi connectivity index (χ1n) is 6.97. The maximum atomic E-state index is 12.2. The lowest BCUT2D eigenvalue weighted by Gasteiger charge is -2.05. The van der Waals surface area contributed by atoms with E-state index in [0.717, 1.165) is 29.2 Å². The van der Waals surface area contributed by atoms with Crippen molar-refractivity contribution in [2.45, 2.75) is 26.8 Å². The summed E-state index contributed by atoms with van der Waals surface area (Å²) in [6, 6.07) is 7.29. The van der Waals surface area contributed by atoms with Crippen LogP contribution in [0.4, 0.5) is 0 Å². The van der Waals surface area contributed by atoms with Gasteiger partial charge in [0.15, 0.2) is 0 Å². The number of nitrogens with one attached hydrogen (secondary N) is 1. The van der Waals surface area contributed by atoms with Gasteiger partial charge in [-0.2, -0.15) is 0 Å². The van der Waals surface area contributed by atoms with Crippen LogP contribution in [0.5, 0.6) is 0 Å². The molecular weight excluding hydrogens is 266 g/mol. The number of fused-ring (bicyclic) bond motifs is 1. The van der Waals surface area contributed by atoms with Gasteiger partial charge in [0.1, 0.15) is 11.4 Å². The van der Waals surface area contributed by atoms with Crippen LogP contribution < -0.4 is 5.32 Å². The zero-order chi connectivity index (χ0) is 14.8. The highest BCUT2D eigenvalue weighted by Crippen LogP contribution is 2.14. The van der Waals surface area contributed by atoms with Gasteiger partial charge in [-0.15, -0.1) is 0 Å². The lowest BCUT2D eigenvalue weighted by Crippen LogP contribution is -2.22. The van der Waals surface area contributed by atoms with Crippen LogP contribution in [0.25, 0.3) is 5.65 Å². The molecule has 0 bridgehead atoms. The first-order valence-corrected chi connectivity index (χ1v) is 6.97. The molecule has 0 aromatic carbocycles. The second-order valence-electron chi connectivity index (χ2n) is 4.91. The van der Waals surface area contributed by atoms with E-state index in [1.54, 1.807) is 18.4 Å². The lowest BCUT2D eigenvalue weighted by atomic mass is 10.2. The summed E-state index contributed by atoms with van der Waals surface area (Å²) in [4.78, 5) is 16.7. The standard InChI is InChI=1S/C16H17N3O2/c1-3-14-11(2)19-10-12(6-7-15(19)18-14)16(20)17-9-13-5-4-8-21-13/h4-8,10H,3,9H2,1-2H3,(H,17,20). The van der Waals surface area contributed by atoms with Crippen LogP contribution in [0.3, 0.4) is 0 Å². The number of hydrogen-bond donors (Lipinski definition) is 1. The number of nitrogens with zero attached hydrogens (tertiary/aromatic N) is 2. The molecule has 1 N–H and O–H groups in total. The summed E-state index contributed by atoms with van der Waals surface area (Å²) >= 11 is 0. The zero-order valence-electron chi connectivity index (χ0n) is 12.1. The van der Waals surface area contributed by atoms with E-state index in [1.807, 2.05) is 29.7 Å². The molecule has 3 rings (SSSR count). The number of rotatable bonds is 4. The quantitative estimate of drug-likeness (QED) is 0.801. The third-order valence-electron chi connectivity index (χ3n) is 3.56. The number of imidazole rings is 1.